The van der Waals surface area contributed by atoms with E-state index in [2.05, 4.69) is 15.2 Å². The third-order valence-corrected chi connectivity index (χ3v) is 5.08. The lowest BCUT2D eigenvalue weighted by molar-refractivity contribution is -0.131. The molecule has 1 fully saturated rings. The normalized spacial score (nSPS) is 13.6. The number of carbonyl (C=O) groups excluding carboxylic acids is 3. The van der Waals surface area contributed by atoms with Crippen molar-refractivity contribution < 1.29 is 19.1 Å². The number of nitrogens with zero attached hydrogens (tertiary/aromatic N) is 3. The van der Waals surface area contributed by atoms with E-state index in [0.717, 1.165) is 11.4 Å². The summed E-state index contributed by atoms with van der Waals surface area (Å²) in [4.78, 5) is 44.4. The number of carbonyl (C=O) groups is 3. The van der Waals surface area contributed by atoms with Gasteiger partial charge in [-0.3, -0.25) is 9.59 Å². The average Bonchev–Trinajstić information content (AvgIpc) is 2.80. The first-order valence-corrected chi connectivity index (χ1v) is 10.5. The number of esters is 1. The van der Waals surface area contributed by atoms with Crippen LogP contribution in [0.4, 0.5) is 5.82 Å². The van der Waals surface area contributed by atoms with Crippen LogP contribution in [0.5, 0.6) is 0 Å². The molecule has 1 aliphatic rings. The molecule has 8 nitrogen and oxygen atoms in total. The number of amides is 2. The predicted octanol–water partition coefficient (Wildman–Crippen LogP) is 1.66. The van der Waals surface area contributed by atoms with E-state index in [-0.39, 0.29) is 24.2 Å². The van der Waals surface area contributed by atoms with Gasteiger partial charge in [-0.25, -0.2) is 9.78 Å². The van der Waals surface area contributed by atoms with Gasteiger partial charge in [-0.1, -0.05) is 30.3 Å². The molecule has 1 N–H and O–H groups in total. The molecule has 2 heterocycles. The highest BCUT2D eigenvalue weighted by Gasteiger charge is 2.22. The van der Waals surface area contributed by atoms with Crippen LogP contribution in [0, 0.1) is 0 Å². The van der Waals surface area contributed by atoms with Crippen molar-refractivity contribution in [2.75, 3.05) is 44.2 Å². The maximum atomic E-state index is 12.5. The Hall–Kier alpha value is -3.42. The first-order valence-electron chi connectivity index (χ1n) is 10.5. The van der Waals surface area contributed by atoms with Gasteiger partial charge in [0.05, 0.1) is 18.6 Å². The van der Waals surface area contributed by atoms with Crippen LogP contribution in [0.3, 0.4) is 0 Å². The Morgan fingerprint density at radius 1 is 1.03 bits per heavy atom. The van der Waals surface area contributed by atoms with Crippen LogP contribution in [-0.4, -0.2) is 67.0 Å². The van der Waals surface area contributed by atoms with Crippen molar-refractivity contribution in [3.05, 3.63) is 59.8 Å². The molecule has 0 atom stereocenters. The molecule has 0 spiro atoms. The molecule has 1 aromatic carbocycles. The van der Waals surface area contributed by atoms with E-state index in [9.17, 15) is 14.4 Å². The topological polar surface area (TPSA) is 91.8 Å². The lowest BCUT2D eigenvalue weighted by atomic mass is 10.1. The first kappa shape index (κ1) is 22.3. The monoisotopic (exact) mass is 424 g/mol. The summed E-state index contributed by atoms with van der Waals surface area (Å²) in [6.45, 7) is 4.94. The molecule has 0 saturated carbocycles. The van der Waals surface area contributed by atoms with E-state index in [1.165, 1.54) is 6.20 Å². The lowest BCUT2D eigenvalue weighted by Crippen LogP contribution is -2.49. The molecular formula is C23H28N4O4. The van der Waals surface area contributed by atoms with Crippen molar-refractivity contribution >= 4 is 23.6 Å². The molecule has 2 amide bonds. The largest absolute Gasteiger partial charge is 0.462 e. The summed E-state index contributed by atoms with van der Waals surface area (Å²) in [5, 5.41) is 2.81. The van der Waals surface area contributed by atoms with E-state index in [1.807, 2.05) is 35.2 Å². The molecule has 1 saturated heterocycles. The van der Waals surface area contributed by atoms with Gasteiger partial charge in [-0.05, 0) is 24.6 Å². The summed E-state index contributed by atoms with van der Waals surface area (Å²) < 4.78 is 4.97. The Kier molecular flexibility index (Phi) is 7.98. The zero-order valence-electron chi connectivity index (χ0n) is 17.8. The molecule has 1 aliphatic heterocycles. The fourth-order valence-corrected chi connectivity index (χ4v) is 3.40. The van der Waals surface area contributed by atoms with Crippen molar-refractivity contribution in [3.63, 3.8) is 0 Å². The molecule has 1 aromatic heterocycles. The smallest absolute Gasteiger partial charge is 0.339 e. The average molecular weight is 425 g/mol. The molecule has 0 radical (unpaired) electrons. The van der Waals surface area contributed by atoms with Crippen molar-refractivity contribution in [2.24, 2.45) is 0 Å². The van der Waals surface area contributed by atoms with Crippen LogP contribution in [0.25, 0.3) is 0 Å². The summed E-state index contributed by atoms with van der Waals surface area (Å²) in [7, 11) is 0. The molecule has 0 aliphatic carbocycles. The summed E-state index contributed by atoms with van der Waals surface area (Å²) in [5.74, 6) is 0.340. The van der Waals surface area contributed by atoms with Gasteiger partial charge in [0.15, 0.2) is 0 Å². The number of nitrogens with one attached hydrogen (secondary N) is 1. The molecule has 164 valence electrons. The highest BCUT2D eigenvalue weighted by atomic mass is 16.5. The molecule has 31 heavy (non-hydrogen) atoms. The van der Waals surface area contributed by atoms with Crippen LogP contribution in [0.1, 0.15) is 29.3 Å². The summed E-state index contributed by atoms with van der Waals surface area (Å²) >= 11 is 0. The molecular weight excluding hydrogens is 396 g/mol. The molecule has 2 aromatic rings. The molecule has 3 rings (SSSR count). The van der Waals surface area contributed by atoms with Crippen molar-refractivity contribution in [1.29, 1.82) is 0 Å². The Balaban J connectivity index is 1.38. The van der Waals surface area contributed by atoms with Gasteiger partial charge in [0.25, 0.3) is 0 Å². The third kappa shape index (κ3) is 6.53. The standard InChI is InChI=1S/C23H28N4O4/c1-2-31-23(30)19-8-9-20(25-17-19)26-12-14-27(15-13-26)22(29)10-11-24-21(28)16-18-6-4-3-5-7-18/h3-9,17H,2,10-16H2,1H3,(H,24,28). The molecule has 0 bridgehead atoms. The van der Waals surface area contributed by atoms with Gasteiger partial charge in [-0.15, -0.1) is 0 Å². The van der Waals surface area contributed by atoms with Crippen LogP contribution in [0.15, 0.2) is 48.7 Å². The van der Waals surface area contributed by atoms with Gasteiger partial charge in [-0.2, -0.15) is 0 Å². The summed E-state index contributed by atoms with van der Waals surface area (Å²) in [6.07, 6.45) is 2.12. The minimum atomic E-state index is -0.382. The summed E-state index contributed by atoms with van der Waals surface area (Å²) in [5.41, 5.74) is 1.38. The Morgan fingerprint density at radius 2 is 1.77 bits per heavy atom. The van der Waals surface area contributed by atoms with E-state index < -0.39 is 0 Å². The fourth-order valence-electron chi connectivity index (χ4n) is 3.40. The van der Waals surface area contributed by atoms with Gasteiger partial charge in [0.2, 0.25) is 11.8 Å². The number of anilines is 1. The zero-order valence-corrected chi connectivity index (χ0v) is 17.8. The minimum Gasteiger partial charge on any atom is -0.462 e. The first-order chi connectivity index (χ1) is 15.1. The second kappa shape index (κ2) is 11.1. The Morgan fingerprint density at radius 3 is 2.42 bits per heavy atom. The number of aromatic nitrogens is 1. The second-order valence-corrected chi connectivity index (χ2v) is 7.26. The lowest BCUT2D eigenvalue weighted by Gasteiger charge is -2.35. The van der Waals surface area contributed by atoms with Crippen LogP contribution < -0.4 is 10.2 Å². The van der Waals surface area contributed by atoms with Gasteiger partial charge in [0, 0.05) is 45.3 Å². The zero-order chi connectivity index (χ0) is 22.1. The van der Waals surface area contributed by atoms with Crippen molar-refractivity contribution in [2.45, 2.75) is 19.8 Å². The Labute approximate surface area is 182 Å². The number of ether oxygens (including phenoxy) is 1. The van der Waals surface area contributed by atoms with Gasteiger partial charge in [0.1, 0.15) is 5.82 Å². The summed E-state index contributed by atoms with van der Waals surface area (Å²) in [6, 6.07) is 13.0. The fraction of sp³-hybridized carbons (Fsp3) is 0.391. The molecule has 8 heteroatoms. The number of benzene rings is 1. The van der Waals surface area contributed by atoms with Crippen LogP contribution >= 0.6 is 0 Å². The quantitative estimate of drug-likeness (QED) is 0.648. The SMILES string of the molecule is CCOC(=O)c1ccc(N2CCN(C(=O)CCNC(=O)Cc3ccccc3)CC2)nc1. The number of hydrogen-bond donors (Lipinski definition) is 1. The van der Waals surface area contributed by atoms with Crippen molar-refractivity contribution in [3.8, 4) is 0 Å². The van der Waals surface area contributed by atoms with E-state index in [4.69, 9.17) is 4.74 Å². The second-order valence-electron chi connectivity index (χ2n) is 7.26. The number of piperazine rings is 1. The van der Waals surface area contributed by atoms with Crippen LogP contribution in [-0.2, 0) is 20.7 Å². The van der Waals surface area contributed by atoms with E-state index in [0.29, 0.717) is 51.3 Å². The maximum absolute atomic E-state index is 12.5. The van der Waals surface area contributed by atoms with Gasteiger partial charge < -0.3 is 19.9 Å². The minimum absolute atomic E-state index is 0.0327. The van der Waals surface area contributed by atoms with E-state index in [1.54, 1.807) is 19.1 Å². The van der Waals surface area contributed by atoms with Crippen molar-refractivity contribution in [1.82, 2.24) is 15.2 Å². The Bertz CT molecular complexity index is 878. The maximum Gasteiger partial charge on any atom is 0.339 e. The number of pyridine rings is 1. The highest BCUT2D eigenvalue weighted by Crippen LogP contribution is 2.15. The third-order valence-electron chi connectivity index (χ3n) is 5.08. The van der Waals surface area contributed by atoms with Crippen LogP contribution in [0.2, 0.25) is 0 Å². The van der Waals surface area contributed by atoms with E-state index >= 15 is 0 Å². The number of hydrogen-bond acceptors (Lipinski definition) is 6. The number of rotatable bonds is 8. The molecule has 0 unspecified atom stereocenters. The van der Waals surface area contributed by atoms with Gasteiger partial charge >= 0.3 is 5.97 Å². The highest BCUT2D eigenvalue weighted by molar-refractivity contribution is 5.89. The predicted molar refractivity (Wildman–Crippen MR) is 117 cm³/mol.